The zero-order chi connectivity index (χ0) is 32.9. The van der Waals surface area contributed by atoms with Crippen LogP contribution in [-0.2, 0) is 38.4 Å². The first kappa shape index (κ1) is 55.8. The van der Waals surface area contributed by atoms with Gasteiger partial charge in [0.15, 0.2) is 0 Å². The molecule has 0 aromatic heterocycles. The zero-order valence-electron chi connectivity index (χ0n) is 27.5. The Morgan fingerprint density at radius 1 is 0.316 bits per heavy atom. The minimum Gasteiger partial charge on any atom is -0.300 e. The van der Waals surface area contributed by atoms with Gasteiger partial charge in [0.05, 0.1) is 0 Å². The van der Waals surface area contributed by atoms with Gasteiger partial charge in [0.25, 0.3) is 0 Å². The molecule has 0 aliphatic heterocycles. The first-order valence-electron chi connectivity index (χ1n) is 12.7. The maximum absolute atomic E-state index is 10.5. The molecule has 0 radical (unpaired) electrons. The van der Waals surface area contributed by atoms with Crippen molar-refractivity contribution in [2.75, 3.05) is 0 Å². The second-order valence-electron chi connectivity index (χ2n) is 9.22. The van der Waals surface area contributed by atoms with E-state index in [0.717, 1.165) is 12.8 Å². The minimum absolute atomic E-state index is 0.167. The van der Waals surface area contributed by atoms with Gasteiger partial charge in [-0.3, -0.25) is 0 Å². The number of carbonyl (C=O) groups is 8. The van der Waals surface area contributed by atoms with E-state index in [2.05, 4.69) is 6.92 Å². The van der Waals surface area contributed by atoms with Gasteiger partial charge in [-0.05, 0) is 110 Å². The highest BCUT2D eigenvalue weighted by Gasteiger charge is 1.92. The van der Waals surface area contributed by atoms with E-state index in [4.69, 9.17) is 0 Å². The van der Waals surface area contributed by atoms with Gasteiger partial charge < -0.3 is 38.4 Å². The van der Waals surface area contributed by atoms with Crippen molar-refractivity contribution in [1.29, 1.82) is 0 Å². The molecule has 0 saturated heterocycles. The van der Waals surface area contributed by atoms with E-state index in [0.29, 0.717) is 5.78 Å². The molecule has 38 heavy (non-hydrogen) atoms. The molecule has 228 valence electrons. The van der Waals surface area contributed by atoms with Gasteiger partial charge in [-0.1, -0.05) is 32.6 Å². The van der Waals surface area contributed by atoms with Crippen LogP contribution in [0.25, 0.3) is 0 Å². The van der Waals surface area contributed by atoms with E-state index in [9.17, 15) is 38.4 Å². The van der Waals surface area contributed by atoms with E-state index >= 15 is 0 Å². The first-order valence-corrected chi connectivity index (χ1v) is 12.7. The molecular weight excluding hydrogens is 488 g/mol. The summed E-state index contributed by atoms with van der Waals surface area (Å²) in [6, 6.07) is 0. The van der Waals surface area contributed by atoms with Crippen molar-refractivity contribution in [2.45, 2.75) is 149 Å². The molecule has 0 atom stereocenters. The highest BCUT2D eigenvalue weighted by atomic mass is 16.1. The smallest absolute Gasteiger partial charge is 0.129 e. The van der Waals surface area contributed by atoms with Crippen LogP contribution in [0.15, 0.2) is 0 Å². The van der Waals surface area contributed by atoms with E-state index in [-0.39, 0.29) is 40.5 Å². The van der Waals surface area contributed by atoms with Crippen LogP contribution in [0.2, 0.25) is 0 Å². The van der Waals surface area contributed by atoms with Crippen LogP contribution in [-0.4, -0.2) is 46.3 Å². The number of hydrogen-bond acceptors (Lipinski definition) is 8. The van der Waals surface area contributed by atoms with Crippen molar-refractivity contribution >= 4 is 46.3 Å². The summed E-state index contributed by atoms with van der Waals surface area (Å²) in [6.07, 6.45) is 6.99. The molecular formula is C30H60O8. The molecule has 0 aliphatic rings. The Labute approximate surface area is 234 Å². The molecule has 0 heterocycles. The third kappa shape index (κ3) is 1840. The van der Waals surface area contributed by atoms with E-state index in [1.54, 1.807) is 6.92 Å². The largest absolute Gasteiger partial charge is 0.300 e. The van der Waals surface area contributed by atoms with E-state index in [1.807, 2.05) is 0 Å². The third-order valence-corrected chi connectivity index (χ3v) is 1.63. The predicted octanol–water partition coefficient (Wildman–Crippen LogP) is 7.10. The SMILES string of the molecule is CC(C)=O.CC(C)=O.CC(C)=O.CC(C)=O.CC(C)=O.CC(C)=O.CC(C)=O.CCCCCCCC(C)=O. The van der Waals surface area contributed by atoms with Gasteiger partial charge in [0, 0.05) is 6.42 Å². The maximum atomic E-state index is 10.5. The number of carbonyl (C=O) groups excluding carboxylic acids is 8. The molecule has 0 fully saturated rings. The summed E-state index contributed by atoms with van der Waals surface area (Å²) in [5.41, 5.74) is 0. The lowest BCUT2D eigenvalue weighted by molar-refractivity contribution is -0.117. The Kier molecular flexibility index (Phi) is 75.0. The molecule has 0 N–H and O–H groups in total. The van der Waals surface area contributed by atoms with Crippen LogP contribution in [0, 0.1) is 0 Å². The van der Waals surface area contributed by atoms with Crippen molar-refractivity contribution in [3.8, 4) is 0 Å². The number of hydrogen-bond donors (Lipinski definition) is 0. The van der Waals surface area contributed by atoms with Crippen LogP contribution >= 0.6 is 0 Å². The van der Waals surface area contributed by atoms with Crippen LogP contribution in [0.4, 0.5) is 0 Å². The molecule has 8 nitrogen and oxygen atoms in total. The summed E-state index contributed by atoms with van der Waals surface area (Å²) in [5, 5.41) is 0. The lowest BCUT2D eigenvalue weighted by Gasteiger charge is -1.95. The van der Waals surface area contributed by atoms with Crippen LogP contribution in [0.5, 0.6) is 0 Å². The van der Waals surface area contributed by atoms with Gasteiger partial charge in [-0.25, -0.2) is 0 Å². The molecule has 0 bridgehead atoms. The van der Waals surface area contributed by atoms with Gasteiger partial charge >= 0.3 is 0 Å². The highest BCUT2D eigenvalue weighted by Crippen LogP contribution is 2.04. The topological polar surface area (TPSA) is 137 Å². The highest BCUT2D eigenvalue weighted by molar-refractivity contribution is 5.75. The fraction of sp³-hybridized carbons (Fsp3) is 0.733. The van der Waals surface area contributed by atoms with E-state index in [1.165, 1.54) is 123 Å². The molecule has 8 heteroatoms. The molecule has 0 rings (SSSR count). The summed E-state index contributed by atoms with van der Waals surface area (Å²) in [5.74, 6) is 1.50. The predicted molar refractivity (Wildman–Crippen MR) is 159 cm³/mol. The van der Waals surface area contributed by atoms with Crippen LogP contribution in [0.3, 0.4) is 0 Å². The zero-order valence-corrected chi connectivity index (χ0v) is 27.5. The second-order valence-corrected chi connectivity index (χ2v) is 9.22. The Hall–Kier alpha value is -2.64. The van der Waals surface area contributed by atoms with Gasteiger partial charge in [0.1, 0.15) is 46.3 Å². The number of ketones is 8. The van der Waals surface area contributed by atoms with Crippen LogP contribution in [0.1, 0.15) is 149 Å². The molecule has 0 spiro atoms. The number of Topliss-reactive ketones (excluding diaryl/α,β-unsaturated/α-hetero) is 8. The average Bonchev–Trinajstić information content (AvgIpc) is 2.58. The summed E-state index contributed by atoms with van der Waals surface area (Å²) in [4.78, 5) is 76.6. The fourth-order valence-electron chi connectivity index (χ4n) is 0.977. The molecule has 0 aromatic carbocycles. The number of rotatable bonds is 6. The van der Waals surface area contributed by atoms with Crippen molar-refractivity contribution < 1.29 is 38.4 Å². The fourth-order valence-corrected chi connectivity index (χ4v) is 0.977. The van der Waals surface area contributed by atoms with Crippen molar-refractivity contribution in [1.82, 2.24) is 0 Å². The van der Waals surface area contributed by atoms with Crippen molar-refractivity contribution in [3.05, 3.63) is 0 Å². The second kappa shape index (κ2) is 51.1. The molecule has 0 aromatic rings. The summed E-state index contributed by atoms with van der Waals surface area (Å²) in [7, 11) is 0. The lowest BCUT2D eigenvalue weighted by Crippen LogP contribution is -1.88. The molecule has 0 aliphatic carbocycles. The normalized spacial score (nSPS) is 7.37. The first-order chi connectivity index (χ1) is 16.9. The van der Waals surface area contributed by atoms with Crippen LogP contribution < -0.4 is 0 Å². The number of unbranched alkanes of at least 4 members (excludes halogenated alkanes) is 4. The van der Waals surface area contributed by atoms with Gasteiger partial charge in [-0.2, -0.15) is 0 Å². The Balaban J connectivity index is -0.0000000470. The Morgan fingerprint density at radius 3 is 0.605 bits per heavy atom. The maximum Gasteiger partial charge on any atom is 0.129 e. The summed E-state index contributed by atoms with van der Waals surface area (Å²) >= 11 is 0. The Bertz CT molecular complexity index is 472. The van der Waals surface area contributed by atoms with Gasteiger partial charge in [0.2, 0.25) is 0 Å². The average molecular weight is 549 g/mol. The third-order valence-electron chi connectivity index (χ3n) is 1.63. The Morgan fingerprint density at radius 2 is 0.474 bits per heavy atom. The standard InChI is InChI=1S/C9H18O.7C3H6O/c1-3-4-5-6-7-8-9(2)10;7*1-3(2)4/h3-8H2,1-2H3;7*1-2H3. The molecule has 0 amide bonds. The lowest BCUT2D eigenvalue weighted by atomic mass is 10.1. The summed E-state index contributed by atoms with van der Waals surface area (Å²) in [6.45, 7) is 25.3. The molecule has 0 unspecified atom stereocenters. The minimum atomic E-state index is 0.167. The van der Waals surface area contributed by atoms with Crippen molar-refractivity contribution in [3.63, 3.8) is 0 Å². The summed E-state index contributed by atoms with van der Waals surface area (Å²) < 4.78 is 0. The monoisotopic (exact) mass is 548 g/mol. The van der Waals surface area contributed by atoms with E-state index < -0.39 is 0 Å². The van der Waals surface area contributed by atoms with Gasteiger partial charge in [-0.15, -0.1) is 0 Å². The van der Waals surface area contributed by atoms with Crippen molar-refractivity contribution in [2.24, 2.45) is 0 Å². The molecule has 0 saturated carbocycles. The quantitative estimate of drug-likeness (QED) is 0.320.